The first-order valence-corrected chi connectivity index (χ1v) is 3.70. The lowest BCUT2D eigenvalue weighted by molar-refractivity contribution is 0.579. The summed E-state index contributed by atoms with van der Waals surface area (Å²) in [6.07, 6.45) is 0.206. The number of hydrogen-bond donors (Lipinski definition) is 0. The molecule has 56 valence electrons. The molecule has 0 unspecified atom stereocenters. The fourth-order valence-corrected chi connectivity index (χ4v) is 1.17. The molecule has 0 spiro atoms. The Kier molecular flexibility index (Phi) is 2.55. The molecule has 0 radical (unpaired) electrons. The monoisotopic (exact) mass is 214 g/mol. The molecule has 1 aromatic rings. The Balaban J connectivity index is 3.01. The van der Waals surface area contributed by atoms with Gasteiger partial charge in [-0.15, -0.1) is 0 Å². The van der Waals surface area contributed by atoms with Crippen LogP contribution in [-0.4, -0.2) is 4.98 Å². The minimum Gasteiger partial charge on any atom is -0.213 e. The van der Waals surface area contributed by atoms with Crippen molar-refractivity contribution in [2.45, 2.75) is 6.42 Å². The van der Waals surface area contributed by atoms with E-state index in [9.17, 15) is 4.39 Å². The molecule has 1 aromatic heterocycles. The molecule has 2 nitrogen and oxygen atoms in total. The van der Waals surface area contributed by atoms with Crippen LogP contribution in [-0.2, 0) is 6.42 Å². The van der Waals surface area contributed by atoms with E-state index >= 15 is 0 Å². The summed E-state index contributed by atoms with van der Waals surface area (Å²) in [5, 5.41) is 8.29. The molecule has 0 N–H and O–H groups in total. The molecule has 11 heavy (non-hydrogen) atoms. The highest BCUT2D eigenvalue weighted by Crippen LogP contribution is 2.10. The van der Waals surface area contributed by atoms with Gasteiger partial charge in [0.25, 0.3) is 0 Å². The first-order chi connectivity index (χ1) is 5.22. The van der Waals surface area contributed by atoms with E-state index in [1.54, 1.807) is 6.07 Å². The van der Waals surface area contributed by atoms with Crippen molar-refractivity contribution in [3.63, 3.8) is 0 Å². The van der Waals surface area contributed by atoms with Crippen LogP contribution in [0.25, 0.3) is 0 Å². The van der Waals surface area contributed by atoms with E-state index in [1.165, 1.54) is 6.07 Å². The van der Waals surface area contributed by atoms with E-state index < -0.39 is 5.95 Å². The Bertz CT molecular complexity index is 286. The van der Waals surface area contributed by atoms with E-state index in [2.05, 4.69) is 20.9 Å². The molecule has 4 heteroatoms. The molecule has 0 amide bonds. The van der Waals surface area contributed by atoms with Gasteiger partial charge in [-0.25, -0.2) is 4.98 Å². The molecular formula is C7H4BrFN2. The molecule has 0 fully saturated rings. The fourth-order valence-electron chi connectivity index (χ4n) is 0.708. The van der Waals surface area contributed by atoms with Crippen LogP contribution in [0, 0.1) is 17.3 Å². The lowest BCUT2D eigenvalue weighted by Gasteiger charge is -1.94. The third-order valence-corrected chi connectivity index (χ3v) is 1.51. The fraction of sp³-hybridized carbons (Fsp3) is 0.143. The van der Waals surface area contributed by atoms with Gasteiger partial charge in [0.1, 0.15) is 4.60 Å². The van der Waals surface area contributed by atoms with Gasteiger partial charge in [0.2, 0.25) is 5.95 Å². The molecule has 1 heterocycles. The molecule has 0 aliphatic rings. The Hall–Kier alpha value is -0.950. The Morgan fingerprint density at radius 2 is 2.36 bits per heavy atom. The molecular weight excluding hydrogens is 211 g/mol. The van der Waals surface area contributed by atoms with E-state index in [0.717, 1.165) is 0 Å². The number of halogens is 2. The molecule has 0 aliphatic carbocycles. The van der Waals surface area contributed by atoms with Crippen molar-refractivity contribution in [3.8, 4) is 6.07 Å². The van der Waals surface area contributed by atoms with Crippen LogP contribution in [0.3, 0.4) is 0 Å². The maximum Gasteiger partial charge on any atom is 0.214 e. The van der Waals surface area contributed by atoms with Crippen LogP contribution in [0.1, 0.15) is 5.56 Å². The van der Waals surface area contributed by atoms with Crippen molar-refractivity contribution in [1.29, 1.82) is 5.26 Å². The van der Waals surface area contributed by atoms with Crippen molar-refractivity contribution in [2.75, 3.05) is 0 Å². The summed E-state index contributed by atoms with van der Waals surface area (Å²) in [6, 6.07) is 4.78. The van der Waals surface area contributed by atoms with Crippen LogP contribution < -0.4 is 0 Å². The van der Waals surface area contributed by atoms with Crippen LogP contribution in [0.5, 0.6) is 0 Å². The maximum atomic E-state index is 12.5. The summed E-state index contributed by atoms with van der Waals surface area (Å²) in [5.74, 6) is -0.565. The quantitative estimate of drug-likeness (QED) is 0.672. The number of nitrogens with zero attached hydrogens (tertiary/aromatic N) is 2. The largest absolute Gasteiger partial charge is 0.214 e. The summed E-state index contributed by atoms with van der Waals surface area (Å²) in [6.45, 7) is 0. The average Bonchev–Trinajstić information content (AvgIpc) is 1.85. The predicted molar refractivity (Wildman–Crippen MR) is 41.2 cm³/mol. The molecule has 0 atom stereocenters. The van der Waals surface area contributed by atoms with Crippen molar-refractivity contribution < 1.29 is 4.39 Å². The van der Waals surface area contributed by atoms with E-state index in [4.69, 9.17) is 5.26 Å². The van der Waals surface area contributed by atoms with Gasteiger partial charge in [0.05, 0.1) is 12.5 Å². The minimum atomic E-state index is -0.565. The second kappa shape index (κ2) is 3.44. The van der Waals surface area contributed by atoms with Crippen LogP contribution in [0.2, 0.25) is 0 Å². The lowest BCUT2D eigenvalue weighted by atomic mass is 10.2. The second-order valence-electron chi connectivity index (χ2n) is 1.96. The van der Waals surface area contributed by atoms with Crippen LogP contribution in [0.15, 0.2) is 16.7 Å². The molecule has 0 saturated heterocycles. The maximum absolute atomic E-state index is 12.5. The Labute approximate surface area is 71.8 Å². The predicted octanol–water partition coefficient (Wildman–Crippen LogP) is 2.05. The normalized spacial score (nSPS) is 9.18. The van der Waals surface area contributed by atoms with Crippen LogP contribution >= 0.6 is 15.9 Å². The van der Waals surface area contributed by atoms with Crippen molar-refractivity contribution in [1.82, 2.24) is 4.98 Å². The second-order valence-corrected chi connectivity index (χ2v) is 2.77. The van der Waals surface area contributed by atoms with Gasteiger partial charge in [-0.05, 0) is 33.6 Å². The van der Waals surface area contributed by atoms with Crippen molar-refractivity contribution in [2.24, 2.45) is 0 Å². The van der Waals surface area contributed by atoms with Gasteiger partial charge < -0.3 is 0 Å². The summed E-state index contributed by atoms with van der Waals surface area (Å²) >= 11 is 3.02. The van der Waals surface area contributed by atoms with Gasteiger partial charge in [-0.2, -0.15) is 9.65 Å². The number of nitriles is 1. The number of rotatable bonds is 1. The molecule has 0 aromatic carbocycles. The number of aromatic nitrogens is 1. The van der Waals surface area contributed by atoms with Crippen LogP contribution in [0.4, 0.5) is 4.39 Å². The van der Waals surface area contributed by atoms with E-state index in [0.29, 0.717) is 10.2 Å². The minimum absolute atomic E-state index is 0.206. The highest BCUT2D eigenvalue weighted by Gasteiger charge is 1.98. The number of hydrogen-bond acceptors (Lipinski definition) is 2. The molecule has 0 bridgehead atoms. The van der Waals surface area contributed by atoms with Gasteiger partial charge in [-0.3, -0.25) is 0 Å². The summed E-state index contributed by atoms with van der Waals surface area (Å²) in [5.41, 5.74) is 0.631. The average molecular weight is 215 g/mol. The van der Waals surface area contributed by atoms with Gasteiger partial charge in [-0.1, -0.05) is 0 Å². The third-order valence-electron chi connectivity index (χ3n) is 1.11. The zero-order chi connectivity index (χ0) is 8.27. The summed E-state index contributed by atoms with van der Waals surface area (Å²) in [4.78, 5) is 3.46. The van der Waals surface area contributed by atoms with Crippen molar-refractivity contribution >= 4 is 15.9 Å². The van der Waals surface area contributed by atoms with E-state index in [-0.39, 0.29) is 6.42 Å². The van der Waals surface area contributed by atoms with Gasteiger partial charge >= 0.3 is 0 Å². The molecule has 1 rings (SSSR count). The zero-order valence-corrected chi connectivity index (χ0v) is 7.10. The van der Waals surface area contributed by atoms with Gasteiger partial charge in [0.15, 0.2) is 0 Å². The first kappa shape index (κ1) is 8.15. The molecule has 0 saturated carbocycles. The summed E-state index contributed by atoms with van der Waals surface area (Å²) in [7, 11) is 0. The Morgan fingerprint density at radius 3 is 2.91 bits per heavy atom. The smallest absolute Gasteiger partial charge is 0.213 e. The molecule has 0 aliphatic heterocycles. The van der Waals surface area contributed by atoms with Gasteiger partial charge in [0, 0.05) is 0 Å². The SMILES string of the molecule is N#CCc1cc(F)nc(Br)c1. The highest BCUT2D eigenvalue weighted by atomic mass is 79.9. The zero-order valence-electron chi connectivity index (χ0n) is 5.51. The summed E-state index contributed by atoms with van der Waals surface area (Å²) < 4.78 is 12.9. The topological polar surface area (TPSA) is 36.7 Å². The lowest BCUT2D eigenvalue weighted by Crippen LogP contribution is -1.88. The first-order valence-electron chi connectivity index (χ1n) is 2.91. The highest BCUT2D eigenvalue weighted by molar-refractivity contribution is 9.10. The third kappa shape index (κ3) is 2.28. The standard InChI is InChI=1S/C7H4BrFN2/c8-6-3-5(1-2-10)4-7(9)11-6/h3-4H,1H2. The van der Waals surface area contributed by atoms with E-state index in [1.807, 2.05) is 6.07 Å². The Morgan fingerprint density at radius 1 is 1.64 bits per heavy atom. The van der Waals surface area contributed by atoms with Crippen molar-refractivity contribution in [3.05, 3.63) is 28.2 Å². The number of pyridine rings is 1.